The number of halogens is 1. The van der Waals surface area contributed by atoms with Crippen LogP contribution in [-0.2, 0) is 9.59 Å². The van der Waals surface area contributed by atoms with E-state index >= 15 is 0 Å². The van der Waals surface area contributed by atoms with Gasteiger partial charge in [-0.25, -0.2) is 4.39 Å². The monoisotopic (exact) mass is 342 g/mol. The number of para-hydroxylation sites is 1. The van der Waals surface area contributed by atoms with Crippen LogP contribution in [0.5, 0.6) is 0 Å². The number of Topliss-reactive ketones (excluding diaryl/α,β-unsaturated/α-hetero) is 1. The molecule has 6 heteroatoms. The highest BCUT2D eigenvalue weighted by Gasteiger charge is 2.14. The van der Waals surface area contributed by atoms with Gasteiger partial charge in [0.25, 0.3) is 0 Å². The van der Waals surface area contributed by atoms with Gasteiger partial charge in [0.15, 0.2) is 5.78 Å². The Morgan fingerprint density at radius 2 is 1.64 bits per heavy atom. The number of nitrogens with zero attached hydrogens (tertiary/aromatic N) is 1. The molecule has 0 heterocycles. The summed E-state index contributed by atoms with van der Waals surface area (Å²) in [4.78, 5) is 36.6. The first kappa shape index (κ1) is 18.3. The van der Waals surface area contributed by atoms with Gasteiger partial charge in [-0.3, -0.25) is 14.4 Å². The van der Waals surface area contributed by atoms with Crippen LogP contribution in [0, 0.1) is 5.82 Å². The Morgan fingerprint density at radius 1 is 1.00 bits per heavy atom. The van der Waals surface area contributed by atoms with Crippen molar-refractivity contribution >= 4 is 29.0 Å². The molecule has 0 aliphatic rings. The molecule has 0 saturated carbocycles. The molecule has 0 saturated heterocycles. The fourth-order valence-electron chi connectivity index (χ4n) is 2.33. The standard InChI is InChI=1S/C19H19FN2O3/c1-13(23)15-7-9-16(10-8-15)22(14(2)24)12-11-19(25)21-18-6-4-3-5-17(18)20/h3-10H,11-12H2,1-2H3,(H,21,25). The SMILES string of the molecule is CC(=O)c1ccc(N(CCC(=O)Nc2ccccc2F)C(C)=O)cc1. The van der Waals surface area contributed by atoms with Crippen LogP contribution in [0.25, 0.3) is 0 Å². The smallest absolute Gasteiger partial charge is 0.226 e. The number of nitrogens with one attached hydrogen (secondary N) is 1. The highest BCUT2D eigenvalue weighted by molar-refractivity contribution is 5.97. The maximum atomic E-state index is 13.5. The quantitative estimate of drug-likeness (QED) is 0.818. The van der Waals surface area contributed by atoms with Crippen LogP contribution < -0.4 is 10.2 Å². The summed E-state index contributed by atoms with van der Waals surface area (Å²) >= 11 is 0. The minimum absolute atomic E-state index is 0.0162. The second kappa shape index (κ2) is 8.19. The largest absolute Gasteiger partial charge is 0.324 e. The Morgan fingerprint density at radius 3 is 2.20 bits per heavy atom. The number of carbonyl (C=O) groups excluding carboxylic acids is 3. The number of amides is 2. The van der Waals surface area contributed by atoms with Crippen molar-refractivity contribution in [3.8, 4) is 0 Å². The fourth-order valence-corrected chi connectivity index (χ4v) is 2.33. The maximum absolute atomic E-state index is 13.5. The molecule has 0 bridgehead atoms. The van der Waals surface area contributed by atoms with E-state index in [9.17, 15) is 18.8 Å². The van der Waals surface area contributed by atoms with Crippen molar-refractivity contribution in [2.24, 2.45) is 0 Å². The van der Waals surface area contributed by atoms with Crippen molar-refractivity contribution in [2.45, 2.75) is 20.3 Å². The minimum atomic E-state index is -0.515. The zero-order valence-corrected chi connectivity index (χ0v) is 14.1. The maximum Gasteiger partial charge on any atom is 0.226 e. The van der Waals surface area contributed by atoms with Crippen LogP contribution in [0.4, 0.5) is 15.8 Å². The lowest BCUT2D eigenvalue weighted by molar-refractivity contribution is -0.117. The summed E-state index contributed by atoms with van der Waals surface area (Å²) in [7, 11) is 0. The van der Waals surface area contributed by atoms with Crippen LogP contribution in [0.3, 0.4) is 0 Å². The van der Waals surface area contributed by atoms with E-state index in [1.165, 1.54) is 36.9 Å². The number of rotatable bonds is 6. The van der Waals surface area contributed by atoms with E-state index in [-0.39, 0.29) is 30.3 Å². The molecule has 25 heavy (non-hydrogen) atoms. The van der Waals surface area contributed by atoms with Crippen molar-refractivity contribution in [3.63, 3.8) is 0 Å². The van der Waals surface area contributed by atoms with Crippen molar-refractivity contribution in [1.82, 2.24) is 0 Å². The van der Waals surface area contributed by atoms with Crippen molar-refractivity contribution < 1.29 is 18.8 Å². The Balaban J connectivity index is 2.02. The van der Waals surface area contributed by atoms with Gasteiger partial charge >= 0.3 is 0 Å². The van der Waals surface area contributed by atoms with Crippen LogP contribution in [0.1, 0.15) is 30.6 Å². The first-order valence-electron chi connectivity index (χ1n) is 7.82. The second-order valence-corrected chi connectivity index (χ2v) is 5.55. The van der Waals surface area contributed by atoms with Crippen molar-refractivity contribution in [2.75, 3.05) is 16.8 Å². The van der Waals surface area contributed by atoms with Crippen molar-refractivity contribution in [1.29, 1.82) is 0 Å². The van der Waals surface area contributed by atoms with Gasteiger partial charge in [-0.2, -0.15) is 0 Å². The van der Waals surface area contributed by atoms with E-state index in [4.69, 9.17) is 0 Å². The molecule has 5 nitrogen and oxygen atoms in total. The molecule has 130 valence electrons. The molecule has 1 N–H and O–H groups in total. The zero-order valence-electron chi connectivity index (χ0n) is 14.1. The summed E-state index contributed by atoms with van der Waals surface area (Å²) in [6.07, 6.45) is 0.0162. The third-order valence-electron chi connectivity index (χ3n) is 3.68. The van der Waals surface area contributed by atoms with E-state index in [0.717, 1.165) is 0 Å². The summed E-state index contributed by atoms with van der Waals surface area (Å²) in [6, 6.07) is 12.5. The molecule has 0 aliphatic heterocycles. The number of anilines is 2. The lowest BCUT2D eigenvalue weighted by Gasteiger charge is -2.21. The molecular weight excluding hydrogens is 323 g/mol. The van der Waals surface area contributed by atoms with Crippen LogP contribution in [0.15, 0.2) is 48.5 Å². The third-order valence-corrected chi connectivity index (χ3v) is 3.68. The Labute approximate surface area is 145 Å². The molecule has 0 atom stereocenters. The summed E-state index contributed by atoms with van der Waals surface area (Å²) in [5, 5.41) is 2.48. The molecule has 2 aromatic rings. The number of hydrogen-bond acceptors (Lipinski definition) is 3. The normalized spacial score (nSPS) is 10.2. The van der Waals surface area contributed by atoms with Gasteiger partial charge in [0.1, 0.15) is 5.82 Å². The molecular formula is C19H19FN2O3. The highest BCUT2D eigenvalue weighted by Crippen LogP contribution is 2.17. The third kappa shape index (κ3) is 4.97. The van der Waals surface area contributed by atoms with Crippen LogP contribution >= 0.6 is 0 Å². The van der Waals surface area contributed by atoms with Gasteiger partial charge in [-0.15, -0.1) is 0 Å². The lowest BCUT2D eigenvalue weighted by atomic mass is 10.1. The van der Waals surface area contributed by atoms with Crippen LogP contribution in [-0.4, -0.2) is 24.1 Å². The topological polar surface area (TPSA) is 66.5 Å². The first-order valence-corrected chi connectivity index (χ1v) is 7.82. The second-order valence-electron chi connectivity index (χ2n) is 5.55. The molecule has 0 unspecified atom stereocenters. The minimum Gasteiger partial charge on any atom is -0.324 e. The van der Waals surface area contributed by atoms with Gasteiger partial charge in [-0.1, -0.05) is 12.1 Å². The predicted octanol–water partition coefficient (Wildman–Crippen LogP) is 3.41. The Hall–Kier alpha value is -3.02. The van der Waals surface area contributed by atoms with E-state index in [1.54, 1.807) is 30.3 Å². The lowest BCUT2D eigenvalue weighted by Crippen LogP contribution is -2.32. The van der Waals surface area contributed by atoms with Crippen molar-refractivity contribution in [3.05, 3.63) is 59.9 Å². The van der Waals surface area contributed by atoms with Gasteiger partial charge in [0.2, 0.25) is 11.8 Å². The number of hydrogen-bond donors (Lipinski definition) is 1. The van der Waals surface area contributed by atoms with E-state index < -0.39 is 11.7 Å². The average molecular weight is 342 g/mol. The van der Waals surface area contributed by atoms with Crippen LogP contribution in [0.2, 0.25) is 0 Å². The zero-order chi connectivity index (χ0) is 18.4. The van der Waals surface area contributed by atoms with Gasteiger partial charge in [0.05, 0.1) is 5.69 Å². The molecule has 0 radical (unpaired) electrons. The first-order chi connectivity index (χ1) is 11.9. The fraction of sp³-hybridized carbons (Fsp3) is 0.211. The van der Waals surface area contributed by atoms with E-state index in [2.05, 4.69) is 5.32 Å². The molecule has 0 spiro atoms. The Kier molecular flexibility index (Phi) is 6.00. The molecule has 0 aromatic heterocycles. The van der Waals surface area contributed by atoms with E-state index in [0.29, 0.717) is 11.3 Å². The van der Waals surface area contributed by atoms with Gasteiger partial charge in [0, 0.05) is 31.1 Å². The highest BCUT2D eigenvalue weighted by atomic mass is 19.1. The summed E-state index contributed by atoms with van der Waals surface area (Å²) in [6.45, 7) is 3.01. The van der Waals surface area contributed by atoms with Gasteiger partial charge in [-0.05, 0) is 43.3 Å². The Bertz CT molecular complexity index is 788. The number of ketones is 1. The molecule has 2 amide bonds. The van der Waals surface area contributed by atoms with E-state index in [1.807, 2.05) is 0 Å². The summed E-state index contributed by atoms with van der Waals surface area (Å²) in [5.41, 5.74) is 1.24. The predicted molar refractivity (Wildman–Crippen MR) is 94.1 cm³/mol. The molecule has 2 rings (SSSR count). The molecule has 0 aliphatic carbocycles. The number of benzene rings is 2. The molecule has 2 aromatic carbocycles. The summed E-state index contributed by atoms with van der Waals surface area (Å²) in [5.74, 6) is -1.20. The number of carbonyl (C=O) groups is 3. The molecule has 0 fully saturated rings. The summed E-state index contributed by atoms with van der Waals surface area (Å²) < 4.78 is 13.5. The van der Waals surface area contributed by atoms with Gasteiger partial charge < -0.3 is 10.2 Å². The average Bonchev–Trinajstić information content (AvgIpc) is 2.57.